The number of hydrogen-bond donors (Lipinski definition) is 1. The number of aromatic amines is 1. The lowest BCUT2D eigenvalue weighted by Gasteiger charge is -2.19. The first-order valence-corrected chi connectivity index (χ1v) is 6.23. The van der Waals surface area contributed by atoms with Gasteiger partial charge >= 0.3 is 0 Å². The number of rotatable bonds is 3. The second-order valence-electron chi connectivity index (χ2n) is 3.86. The maximum atomic E-state index is 12.0. The SMILES string of the molecule is CN(Cc1cn[nH]c1)C(=O)C1CCSC1. The zero-order chi connectivity index (χ0) is 10.7. The minimum absolute atomic E-state index is 0.229. The molecule has 1 aromatic heterocycles. The molecule has 1 aliphatic heterocycles. The maximum Gasteiger partial charge on any atom is 0.226 e. The van der Waals surface area contributed by atoms with Crippen LogP contribution in [-0.2, 0) is 11.3 Å². The summed E-state index contributed by atoms with van der Waals surface area (Å²) in [7, 11) is 1.86. The van der Waals surface area contributed by atoms with Gasteiger partial charge in [-0.25, -0.2) is 0 Å². The molecule has 1 saturated heterocycles. The van der Waals surface area contributed by atoms with Gasteiger partial charge in [0.2, 0.25) is 5.91 Å². The lowest BCUT2D eigenvalue weighted by atomic mass is 10.1. The van der Waals surface area contributed by atoms with Crippen molar-refractivity contribution in [3.63, 3.8) is 0 Å². The topological polar surface area (TPSA) is 49.0 Å². The number of H-pyrrole nitrogens is 1. The van der Waals surface area contributed by atoms with E-state index in [9.17, 15) is 4.79 Å². The van der Waals surface area contributed by atoms with Gasteiger partial charge in [-0.1, -0.05) is 0 Å². The van der Waals surface area contributed by atoms with Crippen molar-refractivity contribution in [2.24, 2.45) is 5.92 Å². The number of nitrogens with one attached hydrogen (secondary N) is 1. The Balaban J connectivity index is 1.89. The molecule has 1 atom stereocenters. The summed E-state index contributed by atoms with van der Waals surface area (Å²) in [6.45, 7) is 0.649. The van der Waals surface area contributed by atoms with E-state index < -0.39 is 0 Å². The highest BCUT2D eigenvalue weighted by atomic mass is 32.2. The van der Waals surface area contributed by atoms with Crippen LogP contribution in [0.15, 0.2) is 12.4 Å². The van der Waals surface area contributed by atoms with E-state index in [1.54, 1.807) is 11.1 Å². The molecule has 1 aliphatic rings. The van der Waals surface area contributed by atoms with E-state index in [2.05, 4.69) is 10.2 Å². The highest BCUT2D eigenvalue weighted by Gasteiger charge is 2.25. The summed E-state index contributed by atoms with van der Waals surface area (Å²) in [4.78, 5) is 13.7. The molecule has 0 spiro atoms. The first-order valence-electron chi connectivity index (χ1n) is 5.08. The smallest absolute Gasteiger partial charge is 0.226 e. The van der Waals surface area contributed by atoms with Crippen LogP contribution in [0, 0.1) is 5.92 Å². The largest absolute Gasteiger partial charge is 0.341 e. The van der Waals surface area contributed by atoms with Gasteiger partial charge in [0.25, 0.3) is 0 Å². The van der Waals surface area contributed by atoms with Crippen LogP contribution in [0.5, 0.6) is 0 Å². The molecule has 2 rings (SSSR count). The molecule has 1 amide bonds. The van der Waals surface area contributed by atoms with E-state index in [1.165, 1.54) is 0 Å². The highest BCUT2D eigenvalue weighted by molar-refractivity contribution is 7.99. The van der Waals surface area contributed by atoms with Gasteiger partial charge in [0.05, 0.1) is 6.20 Å². The number of aromatic nitrogens is 2. The number of hydrogen-bond acceptors (Lipinski definition) is 3. The highest BCUT2D eigenvalue weighted by Crippen LogP contribution is 2.25. The number of nitrogens with zero attached hydrogens (tertiary/aromatic N) is 2. The molecule has 1 aromatic rings. The number of thioether (sulfide) groups is 1. The van der Waals surface area contributed by atoms with E-state index in [1.807, 2.05) is 25.0 Å². The van der Waals surface area contributed by atoms with Crippen molar-refractivity contribution in [1.82, 2.24) is 15.1 Å². The van der Waals surface area contributed by atoms with Crippen molar-refractivity contribution < 1.29 is 4.79 Å². The Bertz CT molecular complexity index is 319. The van der Waals surface area contributed by atoms with Crippen LogP contribution >= 0.6 is 11.8 Å². The third kappa shape index (κ3) is 2.53. The minimum Gasteiger partial charge on any atom is -0.341 e. The van der Waals surface area contributed by atoms with Gasteiger partial charge in [-0.3, -0.25) is 9.89 Å². The van der Waals surface area contributed by atoms with Crippen molar-refractivity contribution in [3.8, 4) is 0 Å². The lowest BCUT2D eigenvalue weighted by Crippen LogP contribution is -2.32. The van der Waals surface area contributed by atoms with Crippen molar-refractivity contribution in [1.29, 1.82) is 0 Å². The molecule has 0 saturated carbocycles. The van der Waals surface area contributed by atoms with E-state index in [-0.39, 0.29) is 11.8 Å². The van der Waals surface area contributed by atoms with Crippen molar-refractivity contribution >= 4 is 17.7 Å². The molecule has 0 aromatic carbocycles. The molecule has 1 unspecified atom stereocenters. The Hall–Kier alpha value is -0.970. The Labute approximate surface area is 93.4 Å². The lowest BCUT2D eigenvalue weighted by molar-refractivity contribution is -0.133. The van der Waals surface area contributed by atoms with Crippen molar-refractivity contribution in [2.45, 2.75) is 13.0 Å². The second-order valence-corrected chi connectivity index (χ2v) is 5.01. The van der Waals surface area contributed by atoms with E-state index in [0.29, 0.717) is 6.54 Å². The van der Waals surface area contributed by atoms with Gasteiger partial charge < -0.3 is 4.90 Å². The second kappa shape index (κ2) is 4.70. The van der Waals surface area contributed by atoms with Crippen LogP contribution in [0.2, 0.25) is 0 Å². The fourth-order valence-electron chi connectivity index (χ4n) is 1.76. The normalized spacial score (nSPS) is 20.5. The number of amides is 1. The molecule has 15 heavy (non-hydrogen) atoms. The van der Waals surface area contributed by atoms with Gasteiger partial charge in [-0.2, -0.15) is 16.9 Å². The standard InChI is InChI=1S/C10H15N3OS/c1-13(6-8-4-11-12-5-8)10(14)9-2-3-15-7-9/h4-5,9H,2-3,6-7H2,1H3,(H,11,12). The average molecular weight is 225 g/mol. The molecule has 2 heterocycles. The molecule has 1 fully saturated rings. The molecule has 82 valence electrons. The van der Waals surface area contributed by atoms with Crippen molar-refractivity contribution in [3.05, 3.63) is 18.0 Å². The van der Waals surface area contributed by atoms with Gasteiger partial charge in [0.1, 0.15) is 0 Å². The quantitative estimate of drug-likeness (QED) is 0.838. The molecular weight excluding hydrogens is 210 g/mol. The van der Waals surface area contributed by atoms with Crippen LogP contribution in [0.4, 0.5) is 0 Å². The Morgan fingerprint density at radius 2 is 2.67 bits per heavy atom. The predicted molar refractivity (Wildman–Crippen MR) is 60.5 cm³/mol. The molecule has 1 N–H and O–H groups in total. The molecule has 0 bridgehead atoms. The summed E-state index contributed by atoms with van der Waals surface area (Å²) in [6.07, 6.45) is 4.61. The van der Waals surface area contributed by atoms with Gasteiger partial charge in [0, 0.05) is 37.0 Å². The maximum absolute atomic E-state index is 12.0. The number of carbonyl (C=O) groups is 1. The Morgan fingerprint density at radius 3 is 3.27 bits per heavy atom. The third-order valence-corrected chi connectivity index (χ3v) is 3.79. The zero-order valence-electron chi connectivity index (χ0n) is 8.77. The van der Waals surface area contributed by atoms with Crippen LogP contribution in [-0.4, -0.2) is 39.6 Å². The van der Waals surface area contributed by atoms with Crippen LogP contribution in [0.3, 0.4) is 0 Å². The Morgan fingerprint density at radius 1 is 1.80 bits per heavy atom. The molecule has 5 heteroatoms. The number of carbonyl (C=O) groups excluding carboxylic acids is 1. The fourth-order valence-corrected chi connectivity index (χ4v) is 2.97. The summed E-state index contributed by atoms with van der Waals surface area (Å²) in [6, 6.07) is 0. The molecule has 0 radical (unpaired) electrons. The Kier molecular flexibility index (Phi) is 3.30. The molecular formula is C10H15N3OS. The van der Waals surface area contributed by atoms with Crippen LogP contribution in [0.1, 0.15) is 12.0 Å². The van der Waals surface area contributed by atoms with Gasteiger partial charge in [-0.05, 0) is 12.2 Å². The van der Waals surface area contributed by atoms with Crippen molar-refractivity contribution in [2.75, 3.05) is 18.6 Å². The summed E-state index contributed by atoms with van der Waals surface area (Å²) in [5, 5.41) is 6.62. The van der Waals surface area contributed by atoms with Crippen LogP contribution < -0.4 is 0 Å². The third-order valence-electron chi connectivity index (χ3n) is 2.63. The first-order chi connectivity index (χ1) is 7.27. The monoisotopic (exact) mass is 225 g/mol. The summed E-state index contributed by atoms with van der Waals surface area (Å²) in [5.74, 6) is 2.60. The summed E-state index contributed by atoms with van der Waals surface area (Å²) >= 11 is 1.87. The first kappa shape index (κ1) is 10.5. The fraction of sp³-hybridized carbons (Fsp3) is 0.600. The zero-order valence-corrected chi connectivity index (χ0v) is 9.59. The van der Waals surface area contributed by atoms with E-state index in [0.717, 1.165) is 23.5 Å². The average Bonchev–Trinajstić information content (AvgIpc) is 2.88. The summed E-state index contributed by atoms with van der Waals surface area (Å²) < 4.78 is 0. The van der Waals surface area contributed by atoms with Gasteiger partial charge in [0.15, 0.2) is 0 Å². The minimum atomic E-state index is 0.229. The molecule has 4 nitrogen and oxygen atoms in total. The van der Waals surface area contributed by atoms with Crippen LogP contribution in [0.25, 0.3) is 0 Å². The van der Waals surface area contributed by atoms with E-state index in [4.69, 9.17) is 0 Å². The van der Waals surface area contributed by atoms with Gasteiger partial charge in [-0.15, -0.1) is 0 Å². The van der Waals surface area contributed by atoms with E-state index >= 15 is 0 Å². The predicted octanol–water partition coefficient (Wildman–Crippen LogP) is 1.12. The summed E-state index contributed by atoms with van der Waals surface area (Å²) in [5.41, 5.74) is 1.05. The molecule has 0 aliphatic carbocycles.